The number of carbonyl (C=O) groups excluding carboxylic acids is 1. The quantitative estimate of drug-likeness (QED) is 0.923. The molecule has 1 N–H and O–H groups in total. The molecule has 0 unspecified atom stereocenters. The molecule has 1 aromatic heterocycles. The molecule has 3 rings (SSSR count). The molecule has 1 aliphatic rings. The van der Waals surface area contributed by atoms with Crippen LogP contribution in [-0.4, -0.2) is 19.1 Å². The van der Waals surface area contributed by atoms with Crippen LogP contribution in [-0.2, 0) is 21.5 Å². The topological polar surface area (TPSA) is 38.3 Å². The van der Waals surface area contributed by atoms with E-state index >= 15 is 0 Å². The summed E-state index contributed by atoms with van der Waals surface area (Å²) >= 11 is 7.59. The first kappa shape index (κ1) is 15.5. The summed E-state index contributed by atoms with van der Waals surface area (Å²) in [6.45, 7) is 1.31. The van der Waals surface area contributed by atoms with Gasteiger partial charge in [0.05, 0.1) is 12.0 Å². The zero-order valence-electron chi connectivity index (χ0n) is 12.2. The van der Waals surface area contributed by atoms with Gasteiger partial charge in [0.15, 0.2) is 0 Å². The molecule has 0 aliphatic carbocycles. The fourth-order valence-corrected chi connectivity index (χ4v) is 3.69. The van der Waals surface area contributed by atoms with Gasteiger partial charge in [-0.2, -0.15) is 0 Å². The third-order valence-corrected chi connectivity index (χ3v) is 5.17. The summed E-state index contributed by atoms with van der Waals surface area (Å²) in [5, 5.41) is 5.95. The molecular formula is C17H18ClNO2S. The molecule has 1 amide bonds. The number of thiophene rings is 1. The highest BCUT2D eigenvalue weighted by atomic mass is 35.5. The van der Waals surface area contributed by atoms with Crippen molar-refractivity contribution in [2.45, 2.75) is 24.8 Å². The van der Waals surface area contributed by atoms with Crippen LogP contribution in [0.3, 0.4) is 0 Å². The smallest absolute Gasteiger partial charge is 0.225 e. The van der Waals surface area contributed by atoms with Gasteiger partial charge in [-0.1, -0.05) is 29.8 Å². The lowest BCUT2D eigenvalue weighted by molar-refractivity contribution is -0.123. The summed E-state index contributed by atoms with van der Waals surface area (Å²) < 4.78 is 5.48. The Hall–Kier alpha value is -1.36. The van der Waals surface area contributed by atoms with Crippen LogP contribution in [0.15, 0.2) is 41.8 Å². The second-order valence-corrected chi connectivity index (χ2v) is 6.97. The summed E-state index contributed by atoms with van der Waals surface area (Å²) in [4.78, 5) is 13.5. The molecule has 0 spiro atoms. The number of ether oxygens (including phenoxy) is 1. The molecule has 0 atom stereocenters. The van der Waals surface area contributed by atoms with Crippen molar-refractivity contribution in [1.29, 1.82) is 0 Å². The number of amides is 1. The zero-order chi connectivity index (χ0) is 15.4. The molecule has 0 radical (unpaired) electrons. The van der Waals surface area contributed by atoms with E-state index in [2.05, 4.69) is 5.32 Å². The summed E-state index contributed by atoms with van der Waals surface area (Å²) in [6, 6.07) is 11.7. The molecule has 2 heterocycles. The van der Waals surface area contributed by atoms with Crippen molar-refractivity contribution in [3.8, 4) is 0 Å². The number of carbonyl (C=O) groups is 1. The minimum absolute atomic E-state index is 0.0549. The SMILES string of the molecule is O=C(Cc1cccs1)NC1(c2ccc(Cl)cc2)CCOCC1. The first-order chi connectivity index (χ1) is 10.7. The molecule has 1 saturated heterocycles. The van der Waals surface area contributed by atoms with Crippen molar-refractivity contribution < 1.29 is 9.53 Å². The van der Waals surface area contributed by atoms with E-state index < -0.39 is 0 Å². The van der Waals surface area contributed by atoms with E-state index in [4.69, 9.17) is 16.3 Å². The Morgan fingerprint density at radius 3 is 2.59 bits per heavy atom. The zero-order valence-corrected chi connectivity index (χ0v) is 13.8. The van der Waals surface area contributed by atoms with Crippen LogP contribution in [0.1, 0.15) is 23.3 Å². The summed E-state index contributed by atoms with van der Waals surface area (Å²) in [5.74, 6) is 0.0549. The van der Waals surface area contributed by atoms with Crippen molar-refractivity contribution in [2.24, 2.45) is 0 Å². The number of hydrogen-bond donors (Lipinski definition) is 1. The molecule has 2 aromatic rings. The predicted molar refractivity (Wildman–Crippen MR) is 89.3 cm³/mol. The summed E-state index contributed by atoms with van der Waals surface area (Å²) in [6.07, 6.45) is 1.99. The molecule has 3 nitrogen and oxygen atoms in total. The maximum Gasteiger partial charge on any atom is 0.225 e. The van der Waals surface area contributed by atoms with Gasteiger partial charge in [-0.25, -0.2) is 0 Å². The van der Waals surface area contributed by atoms with Crippen LogP contribution in [0.4, 0.5) is 0 Å². The van der Waals surface area contributed by atoms with Crippen LogP contribution in [0, 0.1) is 0 Å². The van der Waals surface area contributed by atoms with Gasteiger partial charge >= 0.3 is 0 Å². The highest BCUT2D eigenvalue weighted by molar-refractivity contribution is 7.10. The van der Waals surface area contributed by atoms with Gasteiger partial charge in [0.1, 0.15) is 0 Å². The number of hydrogen-bond acceptors (Lipinski definition) is 3. The lowest BCUT2D eigenvalue weighted by Crippen LogP contribution is -2.49. The number of halogens is 1. The van der Waals surface area contributed by atoms with Crippen molar-refractivity contribution in [2.75, 3.05) is 13.2 Å². The van der Waals surface area contributed by atoms with E-state index in [0.717, 1.165) is 23.3 Å². The van der Waals surface area contributed by atoms with Crippen LogP contribution >= 0.6 is 22.9 Å². The Kier molecular flexibility index (Phi) is 4.81. The van der Waals surface area contributed by atoms with E-state index in [9.17, 15) is 4.79 Å². The minimum atomic E-state index is -0.350. The van der Waals surface area contributed by atoms with Gasteiger partial charge in [-0.15, -0.1) is 11.3 Å². The van der Waals surface area contributed by atoms with Crippen molar-refractivity contribution in [3.63, 3.8) is 0 Å². The van der Waals surface area contributed by atoms with Gasteiger partial charge in [-0.05, 0) is 42.0 Å². The average molecular weight is 336 g/mol. The molecule has 5 heteroatoms. The molecule has 1 fully saturated rings. The molecule has 1 aromatic carbocycles. The third-order valence-electron chi connectivity index (χ3n) is 4.04. The van der Waals surface area contributed by atoms with Gasteiger partial charge < -0.3 is 10.1 Å². The first-order valence-corrected chi connectivity index (χ1v) is 8.61. The molecule has 116 valence electrons. The average Bonchev–Trinajstić information content (AvgIpc) is 3.01. The summed E-state index contributed by atoms with van der Waals surface area (Å²) in [7, 11) is 0. The van der Waals surface area contributed by atoms with E-state index in [1.807, 2.05) is 41.8 Å². The highest BCUT2D eigenvalue weighted by Gasteiger charge is 2.35. The maximum absolute atomic E-state index is 12.5. The molecule has 1 aliphatic heterocycles. The van der Waals surface area contributed by atoms with Crippen LogP contribution < -0.4 is 5.32 Å². The number of nitrogens with one attached hydrogen (secondary N) is 1. The Morgan fingerprint density at radius 1 is 1.23 bits per heavy atom. The molecule has 0 saturated carbocycles. The van der Waals surface area contributed by atoms with E-state index in [-0.39, 0.29) is 11.4 Å². The monoisotopic (exact) mass is 335 g/mol. The van der Waals surface area contributed by atoms with Gasteiger partial charge in [-0.3, -0.25) is 4.79 Å². The Labute approximate surface area is 139 Å². The first-order valence-electron chi connectivity index (χ1n) is 7.35. The Bertz CT molecular complexity index is 619. The second kappa shape index (κ2) is 6.82. The molecule has 0 bridgehead atoms. The van der Waals surface area contributed by atoms with Crippen LogP contribution in [0.2, 0.25) is 5.02 Å². The fraction of sp³-hybridized carbons (Fsp3) is 0.353. The van der Waals surface area contributed by atoms with Crippen LogP contribution in [0.25, 0.3) is 0 Å². The lowest BCUT2D eigenvalue weighted by Gasteiger charge is -2.38. The standard InChI is InChI=1S/C17H18ClNO2S/c18-14-5-3-13(4-6-14)17(7-9-21-10-8-17)19-16(20)12-15-2-1-11-22-15/h1-6,11H,7-10,12H2,(H,19,20). The van der Waals surface area contributed by atoms with Crippen molar-refractivity contribution >= 4 is 28.8 Å². The molecule has 22 heavy (non-hydrogen) atoms. The van der Waals surface area contributed by atoms with Crippen LogP contribution in [0.5, 0.6) is 0 Å². The summed E-state index contributed by atoms with van der Waals surface area (Å²) in [5.41, 5.74) is 0.747. The largest absolute Gasteiger partial charge is 0.381 e. The molecular weight excluding hydrogens is 318 g/mol. The second-order valence-electron chi connectivity index (χ2n) is 5.51. The van der Waals surface area contributed by atoms with E-state index in [1.165, 1.54) is 0 Å². The number of benzene rings is 1. The minimum Gasteiger partial charge on any atom is -0.381 e. The van der Waals surface area contributed by atoms with E-state index in [1.54, 1.807) is 11.3 Å². The third kappa shape index (κ3) is 3.51. The van der Waals surface area contributed by atoms with E-state index in [0.29, 0.717) is 24.7 Å². The Morgan fingerprint density at radius 2 is 1.95 bits per heavy atom. The highest BCUT2D eigenvalue weighted by Crippen LogP contribution is 2.33. The fourth-order valence-electron chi connectivity index (χ4n) is 2.86. The maximum atomic E-state index is 12.5. The Balaban J connectivity index is 1.79. The van der Waals surface area contributed by atoms with Gasteiger partial charge in [0.2, 0.25) is 5.91 Å². The lowest BCUT2D eigenvalue weighted by atomic mass is 9.82. The van der Waals surface area contributed by atoms with Crippen molar-refractivity contribution in [1.82, 2.24) is 5.32 Å². The normalized spacial score (nSPS) is 17.1. The predicted octanol–water partition coefficient (Wildman–Crippen LogP) is 3.77. The number of rotatable bonds is 4. The van der Waals surface area contributed by atoms with Gasteiger partial charge in [0.25, 0.3) is 0 Å². The van der Waals surface area contributed by atoms with Crippen molar-refractivity contribution in [3.05, 3.63) is 57.2 Å². The van der Waals surface area contributed by atoms with Gasteiger partial charge in [0, 0.05) is 23.1 Å².